The van der Waals surface area contributed by atoms with Crippen LogP contribution in [0.25, 0.3) is 0 Å². The van der Waals surface area contributed by atoms with Gasteiger partial charge in [-0.25, -0.2) is 4.79 Å². The third-order valence-corrected chi connectivity index (χ3v) is 4.33. The number of carbonyl (C=O) groups excluding carboxylic acids is 2. The number of esters is 1. The summed E-state index contributed by atoms with van der Waals surface area (Å²) in [6.07, 6.45) is 3.16. The second-order valence-corrected chi connectivity index (χ2v) is 6.66. The van der Waals surface area contributed by atoms with E-state index in [1.165, 1.54) is 6.20 Å². The van der Waals surface area contributed by atoms with Gasteiger partial charge in [-0.15, -0.1) is 0 Å². The molecule has 0 radical (unpaired) electrons. The van der Waals surface area contributed by atoms with Crippen LogP contribution in [-0.2, 0) is 4.74 Å². The number of aryl methyl sites for hydroxylation is 2. The van der Waals surface area contributed by atoms with Crippen LogP contribution < -0.4 is 10.6 Å². The van der Waals surface area contributed by atoms with Gasteiger partial charge in [0, 0.05) is 17.6 Å². The van der Waals surface area contributed by atoms with Crippen LogP contribution in [0.15, 0.2) is 60.9 Å². The summed E-state index contributed by atoms with van der Waals surface area (Å²) in [6.45, 7) is 6.03. The van der Waals surface area contributed by atoms with Crippen molar-refractivity contribution < 1.29 is 14.3 Å². The molecule has 2 N–H and O–H groups in total. The molecule has 0 fully saturated rings. The molecule has 0 aliphatic heterocycles. The second kappa shape index (κ2) is 9.01. The molecule has 0 spiro atoms. The van der Waals surface area contributed by atoms with Gasteiger partial charge in [-0.05, 0) is 68.3 Å². The molecule has 0 aliphatic rings. The van der Waals surface area contributed by atoms with Gasteiger partial charge in [0.1, 0.15) is 0 Å². The van der Waals surface area contributed by atoms with E-state index in [2.05, 4.69) is 15.6 Å². The van der Waals surface area contributed by atoms with Crippen LogP contribution in [-0.4, -0.2) is 23.5 Å². The van der Waals surface area contributed by atoms with Crippen LogP contribution >= 0.6 is 0 Å². The van der Waals surface area contributed by atoms with Crippen LogP contribution in [0.5, 0.6) is 0 Å². The van der Waals surface area contributed by atoms with Gasteiger partial charge in [0.2, 0.25) is 0 Å². The Bertz CT molecular complexity index is 1030. The van der Waals surface area contributed by atoms with E-state index in [1.807, 2.05) is 32.0 Å². The first-order chi connectivity index (χ1) is 14.0. The molecular weight excluding hydrogens is 366 g/mol. The van der Waals surface area contributed by atoms with Gasteiger partial charge in [0.25, 0.3) is 5.91 Å². The van der Waals surface area contributed by atoms with Crippen LogP contribution in [0.1, 0.15) is 38.8 Å². The van der Waals surface area contributed by atoms with Gasteiger partial charge in [-0.3, -0.25) is 9.78 Å². The minimum absolute atomic E-state index is 0.229. The normalized spacial score (nSPS) is 10.3. The number of benzene rings is 2. The summed E-state index contributed by atoms with van der Waals surface area (Å²) in [5.41, 5.74) is 5.21. The fourth-order valence-electron chi connectivity index (χ4n) is 2.77. The lowest BCUT2D eigenvalue weighted by Crippen LogP contribution is -2.13. The SMILES string of the molecule is CCOC(=O)c1ccc(Nc2cncc(C(=O)Nc3cc(C)ccc3C)c2)cc1. The predicted molar refractivity (Wildman–Crippen MR) is 114 cm³/mol. The Hall–Kier alpha value is -3.67. The van der Waals surface area contributed by atoms with E-state index in [-0.39, 0.29) is 11.9 Å². The zero-order valence-corrected chi connectivity index (χ0v) is 16.7. The summed E-state index contributed by atoms with van der Waals surface area (Å²) in [7, 11) is 0. The van der Waals surface area contributed by atoms with Crippen molar-refractivity contribution in [1.82, 2.24) is 4.98 Å². The Morgan fingerprint density at radius 2 is 1.69 bits per heavy atom. The Morgan fingerprint density at radius 3 is 2.41 bits per heavy atom. The zero-order valence-electron chi connectivity index (χ0n) is 16.7. The molecule has 6 heteroatoms. The molecule has 1 aromatic heterocycles. The summed E-state index contributed by atoms with van der Waals surface area (Å²) in [5.74, 6) is -0.585. The Balaban J connectivity index is 1.71. The molecule has 0 aliphatic carbocycles. The highest BCUT2D eigenvalue weighted by molar-refractivity contribution is 6.05. The monoisotopic (exact) mass is 389 g/mol. The van der Waals surface area contributed by atoms with Gasteiger partial charge in [-0.2, -0.15) is 0 Å². The molecule has 6 nitrogen and oxygen atoms in total. The summed E-state index contributed by atoms with van der Waals surface area (Å²) in [4.78, 5) is 28.5. The van der Waals surface area contributed by atoms with E-state index in [1.54, 1.807) is 43.5 Å². The Morgan fingerprint density at radius 1 is 0.931 bits per heavy atom. The first-order valence-electron chi connectivity index (χ1n) is 9.34. The number of nitrogens with one attached hydrogen (secondary N) is 2. The highest BCUT2D eigenvalue weighted by atomic mass is 16.5. The van der Waals surface area contributed by atoms with Crippen LogP contribution in [0, 0.1) is 13.8 Å². The van der Waals surface area contributed by atoms with E-state index >= 15 is 0 Å². The average molecular weight is 389 g/mol. The molecule has 0 saturated heterocycles. The topological polar surface area (TPSA) is 80.3 Å². The number of amides is 1. The lowest BCUT2D eigenvalue weighted by atomic mass is 10.1. The first kappa shape index (κ1) is 20.1. The number of anilines is 3. The third-order valence-electron chi connectivity index (χ3n) is 4.33. The third kappa shape index (κ3) is 5.19. The van der Waals surface area contributed by atoms with Crippen molar-refractivity contribution in [2.75, 3.05) is 17.2 Å². The number of carbonyl (C=O) groups is 2. The predicted octanol–water partition coefficient (Wildman–Crippen LogP) is 4.87. The van der Waals surface area contributed by atoms with Crippen molar-refractivity contribution in [2.24, 2.45) is 0 Å². The molecule has 0 atom stereocenters. The van der Waals surface area contributed by atoms with Gasteiger partial charge in [0.15, 0.2) is 0 Å². The minimum Gasteiger partial charge on any atom is -0.462 e. The first-order valence-corrected chi connectivity index (χ1v) is 9.34. The molecular formula is C23H23N3O3. The lowest BCUT2D eigenvalue weighted by molar-refractivity contribution is 0.0526. The maximum absolute atomic E-state index is 12.6. The Labute approximate surface area is 169 Å². The highest BCUT2D eigenvalue weighted by Gasteiger charge is 2.10. The number of hydrogen-bond acceptors (Lipinski definition) is 5. The van der Waals surface area contributed by atoms with E-state index < -0.39 is 0 Å². The van der Waals surface area contributed by atoms with Crippen molar-refractivity contribution >= 4 is 28.9 Å². The molecule has 1 amide bonds. The molecule has 148 valence electrons. The molecule has 0 unspecified atom stereocenters. The molecule has 2 aromatic carbocycles. The zero-order chi connectivity index (χ0) is 20.8. The van der Waals surface area contributed by atoms with Gasteiger partial charge in [0.05, 0.1) is 29.6 Å². The molecule has 0 saturated carbocycles. The fourth-order valence-corrected chi connectivity index (χ4v) is 2.77. The standard InChI is InChI=1S/C23H23N3O3/c1-4-29-23(28)17-7-9-19(10-8-17)25-20-12-18(13-24-14-20)22(27)26-21-11-15(2)5-6-16(21)3/h5-14,25H,4H2,1-3H3,(H,26,27). The largest absolute Gasteiger partial charge is 0.462 e. The molecule has 0 bridgehead atoms. The quantitative estimate of drug-likeness (QED) is 0.588. The smallest absolute Gasteiger partial charge is 0.338 e. The van der Waals surface area contributed by atoms with Crippen LogP contribution in [0.4, 0.5) is 17.1 Å². The van der Waals surface area contributed by atoms with Crippen LogP contribution in [0.2, 0.25) is 0 Å². The lowest BCUT2D eigenvalue weighted by Gasteiger charge is -2.11. The second-order valence-electron chi connectivity index (χ2n) is 6.66. The number of ether oxygens (including phenoxy) is 1. The van der Waals surface area contributed by atoms with Crippen molar-refractivity contribution in [3.8, 4) is 0 Å². The van der Waals surface area contributed by atoms with E-state index in [0.29, 0.717) is 23.4 Å². The number of pyridine rings is 1. The van der Waals surface area contributed by atoms with E-state index in [4.69, 9.17) is 4.74 Å². The minimum atomic E-state index is -0.356. The fraction of sp³-hybridized carbons (Fsp3) is 0.174. The average Bonchev–Trinajstić information content (AvgIpc) is 2.71. The van der Waals surface area contributed by atoms with Gasteiger partial charge < -0.3 is 15.4 Å². The molecule has 29 heavy (non-hydrogen) atoms. The summed E-state index contributed by atoms with van der Waals surface area (Å²) >= 11 is 0. The summed E-state index contributed by atoms with van der Waals surface area (Å²) in [6, 6.07) is 14.6. The molecule has 1 heterocycles. The number of hydrogen-bond donors (Lipinski definition) is 2. The van der Waals surface area contributed by atoms with Crippen molar-refractivity contribution in [1.29, 1.82) is 0 Å². The number of rotatable bonds is 6. The molecule has 3 rings (SSSR count). The molecule has 3 aromatic rings. The van der Waals surface area contributed by atoms with Crippen LogP contribution in [0.3, 0.4) is 0 Å². The van der Waals surface area contributed by atoms with Crippen molar-refractivity contribution in [3.63, 3.8) is 0 Å². The highest BCUT2D eigenvalue weighted by Crippen LogP contribution is 2.20. The van der Waals surface area contributed by atoms with Crippen molar-refractivity contribution in [3.05, 3.63) is 83.2 Å². The maximum Gasteiger partial charge on any atom is 0.338 e. The van der Waals surface area contributed by atoms with E-state index in [0.717, 1.165) is 22.5 Å². The Kier molecular flexibility index (Phi) is 6.24. The number of aromatic nitrogens is 1. The maximum atomic E-state index is 12.6. The summed E-state index contributed by atoms with van der Waals surface area (Å²) < 4.78 is 4.98. The van der Waals surface area contributed by atoms with Crippen molar-refractivity contribution in [2.45, 2.75) is 20.8 Å². The summed E-state index contributed by atoms with van der Waals surface area (Å²) in [5, 5.41) is 6.12. The number of nitrogens with zero attached hydrogens (tertiary/aromatic N) is 1. The van der Waals surface area contributed by atoms with Gasteiger partial charge >= 0.3 is 5.97 Å². The van der Waals surface area contributed by atoms with E-state index in [9.17, 15) is 9.59 Å². The van der Waals surface area contributed by atoms with Gasteiger partial charge in [-0.1, -0.05) is 12.1 Å².